The lowest BCUT2D eigenvalue weighted by Crippen LogP contribution is -2.21. The van der Waals surface area contributed by atoms with E-state index in [1.807, 2.05) is 35.7 Å². The summed E-state index contributed by atoms with van der Waals surface area (Å²) in [6.07, 6.45) is 0.210. The Balaban J connectivity index is 1.61. The van der Waals surface area contributed by atoms with Crippen molar-refractivity contribution in [3.63, 3.8) is 0 Å². The summed E-state index contributed by atoms with van der Waals surface area (Å²) in [4.78, 5) is 30.1. The van der Waals surface area contributed by atoms with Crippen molar-refractivity contribution < 1.29 is 9.59 Å². The lowest BCUT2D eigenvalue weighted by Gasteiger charge is -2.10. The highest BCUT2D eigenvalue weighted by atomic mass is 32.1. The molecule has 3 aromatic rings. The van der Waals surface area contributed by atoms with Crippen molar-refractivity contribution in [1.82, 2.24) is 9.88 Å². The van der Waals surface area contributed by atoms with Gasteiger partial charge in [0.25, 0.3) is 5.91 Å². The summed E-state index contributed by atoms with van der Waals surface area (Å²) >= 11 is 1.53. The van der Waals surface area contributed by atoms with E-state index in [4.69, 9.17) is 0 Å². The van der Waals surface area contributed by atoms with E-state index in [1.165, 1.54) is 16.2 Å². The van der Waals surface area contributed by atoms with Crippen LogP contribution in [0.4, 0.5) is 5.69 Å². The number of benzene rings is 2. The van der Waals surface area contributed by atoms with Crippen LogP contribution in [0.25, 0.3) is 10.6 Å². The summed E-state index contributed by atoms with van der Waals surface area (Å²) in [7, 11) is 3.41. The summed E-state index contributed by atoms with van der Waals surface area (Å²) in [6.45, 7) is 0. The maximum Gasteiger partial charge on any atom is 0.253 e. The van der Waals surface area contributed by atoms with Gasteiger partial charge in [0, 0.05) is 36.3 Å². The van der Waals surface area contributed by atoms with Crippen molar-refractivity contribution >= 4 is 28.8 Å². The topological polar surface area (TPSA) is 62.3 Å². The number of anilines is 1. The van der Waals surface area contributed by atoms with Crippen molar-refractivity contribution in [3.05, 3.63) is 71.2 Å². The third kappa shape index (κ3) is 4.34. The van der Waals surface area contributed by atoms with Crippen LogP contribution in [0.5, 0.6) is 0 Å². The molecule has 0 radical (unpaired) electrons. The summed E-state index contributed by atoms with van der Waals surface area (Å²) in [5.41, 5.74) is 3.03. The van der Waals surface area contributed by atoms with Crippen molar-refractivity contribution in [1.29, 1.82) is 0 Å². The minimum absolute atomic E-state index is 0.0706. The zero-order valence-electron chi connectivity index (χ0n) is 14.6. The number of nitrogens with one attached hydrogen (secondary N) is 1. The Bertz CT molecular complexity index is 902. The summed E-state index contributed by atoms with van der Waals surface area (Å²) in [6, 6.07) is 16.8. The number of carbonyl (C=O) groups is 2. The first-order chi connectivity index (χ1) is 12.5. The number of rotatable bonds is 5. The van der Waals surface area contributed by atoms with Gasteiger partial charge in [-0.15, -0.1) is 11.3 Å². The molecular weight excluding hydrogens is 346 g/mol. The Morgan fingerprint density at radius 2 is 1.73 bits per heavy atom. The largest absolute Gasteiger partial charge is 0.345 e. The zero-order chi connectivity index (χ0) is 18.5. The van der Waals surface area contributed by atoms with Gasteiger partial charge in [0.15, 0.2) is 0 Å². The van der Waals surface area contributed by atoms with Crippen LogP contribution < -0.4 is 5.32 Å². The molecular formula is C20H19N3O2S. The van der Waals surface area contributed by atoms with Crippen molar-refractivity contribution in [2.45, 2.75) is 6.42 Å². The van der Waals surface area contributed by atoms with Gasteiger partial charge in [-0.3, -0.25) is 9.59 Å². The summed E-state index contributed by atoms with van der Waals surface area (Å²) in [5, 5.41) is 5.64. The second kappa shape index (κ2) is 7.93. The molecule has 132 valence electrons. The van der Waals surface area contributed by atoms with E-state index in [1.54, 1.807) is 38.4 Å². The number of aromatic nitrogens is 1. The Kier molecular flexibility index (Phi) is 5.43. The Labute approximate surface area is 156 Å². The third-order valence-corrected chi connectivity index (χ3v) is 4.68. The van der Waals surface area contributed by atoms with Gasteiger partial charge < -0.3 is 10.2 Å². The molecule has 0 spiro atoms. The van der Waals surface area contributed by atoms with Crippen molar-refractivity contribution in [2.24, 2.45) is 0 Å². The molecule has 2 aromatic carbocycles. The number of carbonyl (C=O) groups excluding carboxylic acids is 2. The SMILES string of the molecule is CN(C)C(=O)c1ccc(NC(=O)Cc2csc(-c3ccccc3)n2)cc1. The molecule has 0 fully saturated rings. The fourth-order valence-corrected chi connectivity index (χ4v) is 3.25. The molecule has 3 rings (SSSR count). The highest BCUT2D eigenvalue weighted by Crippen LogP contribution is 2.23. The second-order valence-corrected chi connectivity index (χ2v) is 6.87. The highest BCUT2D eigenvalue weighted by molar-refractivity contribution is 7.13. The molecule has 6 heteroatoms. The molecule has 1 N–H and O–H groups in total. The number of thiazole rings is 1. The molecule has 2 amide bonds. The molecule has 0 bridgehead atoms. The summed E-state index contributed by atoms with van der Waals surface area (Å²) in [5.74, 6) is -0.208. The quantitative estimate of drug-likeness (QED) is 0.750. The fourth-order valence-electron chi connectivity index (χ4n) is 2.43. The minimum atomic E-state index is -0.137. The molecule has 0 atom stereocenters. The highest BCUT2D eigenvalue weighted by Gasteiger charge is 2.11. The van der Waals surface area contributed by atoms with Crippen LogP contribution >= 0.6 is 11.3 Å². The van der Waals surface area contributed by atoms with E-state index in [0.717, 1.165) is 16.3 Å². The standard InChI is InChI=1S/C20H19N3O2S/c1-23(2)20(25)15-8-10-16(11-9-15)21-18(24)12-17-13-26-19(22-17)14-6-4-3-5-7-14/h3-11,13H,12H2,1-2H3,(H,21,24). The Morgan fingerprint density at radius 1 is 1.04 bits per heavy atom. The average Bonchev–Trinajstić information content (AvgIpc) is 3.10. The van der Waals surface area contributed by atoms with Gasteiger partial charge in [0.05, 0.1) is 12.1 Å². The van der Waals surface area contributed by atoms with Crippen LogP contribution in [0.1, 0.15) is 16.1 Å². The van der Waals surface area contributed by atoms with E-state index in [0.29, 0.717) is 11.3 Å². The van der Waals surface area contributed by atoms with Crippen LogP contribution in [0, 0.1) is 0 Å². The predicted molar refractivity (Wildman–Crippen MR) is 104 cm³/mol. The predicted octanol–water partition coefficient (Wildman–Crippen LogP) is 3.69. The first kappa shape index (κ1) is 17.8. The molecule has 26 heavy (non-hydrogen) atoms. The van der Waals surface area contributed by atoms with E-state index in [9.17, 15) is 9.59 Å². The van der Waals surface area contributed by atoms with Gasteiger partial charge in [-0.2, -0.15) is 0 Å². The lowest BCUT2D eigenvalue weighted by atomic mass is 10.2. The minimum Gasteiger partial charge on any atom is -0.345 e. The van der Waals surface area contributed by atoms with E-state index in [-0.39, 0.29) is 18.2 Å². The molecule has 0 aliphatic carbocycles. The Morgan fingerprint density at radius 3 is 2.38 bits per heavy atom. The van der Waals surface area contributed by atoms with Gasteiger partial charge in [-0.25, -0.2) is 4.98 Å². The first-order valence-electron chi connectivity index (χ1n) is 8.14. The maximum absolute atomic E-state index is 12.2. The third-order valence-electron chi connectivity index (χ3n) is 3.74. The van der Waals surface area contributed by atoms with Crippen molar-refractivity contribution in [2.75, 3.05) is 19.4 Å². The van der Waals surface area contributed by atoms with E-state index >= 15 is 0 Å². The zero-order valence-corrected chi connectivity index (χ0v) is 15.4. The van der Waals surface area contributed by atoms with Gasteiger partial charge in [0.2, 0.25) is 5.91 Å². The molecule has 0 aliphatic heterocycles. The van der Waals surface area contributed by atoms with Crippen molar-refractivity contribution in [3.8, 4) is 10.6 Å². The molecule has 1 aromatic heterocycles. The summed E-state index contributed by atoms with van der Waals surface area (Å²) < 4.78 is 0. The van der Waals surface area contributed by atoms with Gasteiger partial charge in [-0.05, 0) is 24.3 Å². The number of nitrogens with zero attached hydrogens (tertiary/aromatic N) is 2. The van der Waals surface area contributed by atoms with Crippen LogP contribution in [0.2, 0.25) is 0 Å². The van der Waals surface area contributed by atoms with Crippen LogP contribution in [-0.4, -0.2) is 35.8 Å². The molecule has 5 nitrogen and oxygen atoms in total. The molecule has 0 saturated heterocycles. The monoisotopic (exact) mass is 365 g/mol. The molecule has 0 saturated carbocycles. The Hall–Kier alpha value is -2.99. The molecule has 1 heterocycles. The smallest absolute Gasteiger partial charge is 0.253 e. The first-order valence-corrected chi connectivity index (χ1v) is 9.02. The van der Waals surface area contributed by atoms with Gasteiger partial charge in [0.1, 0.15) is 5.01 Å². The van der Waals surface area contributed by atoms with Crippen LogP contribution in [0.3, 0.4) is 0 Å². The van der Waals surface area contributed by atoms with Crippen LogP contribution in [0.15, 0.2) is 60.0 Å². The average molecular weight is 365 g/mol. The molecule has 0 unspecified atom stereocenters. The molecule has 0 aliphatic rings. The second-order valence-electron chi connectivity index (χ2n) is 6.01. The maximum atomic E-state index is 12.2. The normalized spacial score (nSPS) is 10.4. The van der Waals surface area contributed by atoms with E-state index < -0.39 is 0 Å². The van der Waals surface area contributed by atoms with Gasteiger partial charge >= 0.3 is 0 Å². The van der Waals surface area contributed by atoms with Gasteiger partial charge in [-0.1, -0.05) is 30.3 Å². The number of amides is 2. The number of hydrogen-bond donors (Lipinski definition) is 1. The van der Waals surface area contributed by atoms with E-state index in [2.05, 4.69) is 10.3 Å². The lowest BCUT2D eigenvalue weighted by molar-refractivity contribution is -0.115. The fraction of sp³-hybridized carbons (Fsp3) is 0.150. The van der Waals surface area contributed by atoms with Crippen LogP contribution in [-0.2, 0) is 11.2 Å². The number of hydrogen-bond acceptors (Lipinski definition) is 4.